The molecule has 6 heteroatoms. The van der Waals surface area contributed by atoms with E-state index in [0.717, 1.165) is 39.0 Å². The van der Waals surface area contributed by atoms with E-state index in [0.29, 0.717) is 12.5 Å². The van der Waals surface area contributed by atoms with E-state index in [1.165, 1.54) is 0 Å². The van der Waals surface area contributed by atoms with Crippen molar-refractivity contribution in [1.82, 2.24) is 20.9 Å². The Morgan fingerprint density at radius 2 is 1.81 bits per heavy atom. The fourth-order valence-electron chi connectivity index (χ4n) is 2.44. The Labute approximate surface area is 128 Å². The third-order valence-corrected chi connectivity index (χ3v) is 3.50. The van der Waals surface area contributed by atoms with Crippen LogP contribution in [0.5, 0.6) is 0 Å². The summed E-state index contributed by atoms with van der Waals surface area (Å²) in [5.74, 6) is 0.468. The Bertz CT molecular complexity index is 344. The first-order chi connectivity index (χ1) is 9.80. The van der Waals surface area contributed by atoms with Gasteiger partial charge in [-0.2, -0.15) is 0 Å². The van der Waals surface area contributed by atoms with Crippen molar-refractivity contribution in [1.29, 1.82) is 0 Å². The van der Waals surface area contributed by atoms with Crippen molar-refractivity contribution in [2.75, 3.05) is 32.7 Å². The van der Waals surface area contributed by atoms with Crippen LogP contribution in [0.15, 0.2) is 0 Å². The van der Waals surface area contributed by atoms with Gasteiger partial charge in [-0.3, -0.25) is 15.0 Å². The predicted octanol–water partition coefficient (Wildman–Crippen LogP) is 0.932. The van der Waals surface area contributed by atoms with Crippen molar-refractivity contribution in [3.05, 3.63) is 0 Å². The number of hydrogen-bond acceptors (Lipinski definition) is 4. The molecule has 6 nitrogen and oxygen atoms in total. The van der Waals surface area contributed by atoms with E-state index in [2.05, 4.69) is 27.8 Å². The van der Waals surface area contributed by atoms with E-state index in [1.54, 1.807) is 0 Å². The molecule has 0 atom stereocenters. The van der Waals surface area contributed by atoms with Gasteiger partial charge in [-0.1, -0.05) is 6.92 Å². The molecule has 0 saturated carbocycles. The first-order valence-corrected chi connectivity index (χ1v) is 7.85. The second-order valence-corrected chi connectivity index (χ2v) is 6.78. The summed E-state index contributed by atoms with van der Waals surface area (Å²) >= 11 is 0. The van der Waals surface area contributed by atoms with Crippen LogP contribution in [0.3, 0.4) is 0 Å². The van der Waals surface area contributed by atoms with Crippen molar-refractivity contribution in [2.24, 2.45) is 5.92 Å². The lowest BCUT2D eigenvalue weighted by atomic mass is 9.97. The van der Waals surface area contributed by atoms with E-state index < -0.39 is 6.03 Å². The highest BCUT2D eigenvalue weighted by Crippen LogP contribution is 2.15. The van der Waals surface area contributed by atoms with Crippen LogP contribution in [0.2, 0.25) is 0 Å². The summed E-state index contributed by atoms with van der Waals surface area (Å²) in [5.41, 5.74) is -0.338. The summed E-state index contributed by atoms with van der Waals surface area (Å²) < 4.78 is 0. The molecule has 3 amide bonds. The lowest BCUT2D eigenvalue weighted by Crippen LogP contribution is -2.51. The average Bonchev–Trinajstić information content (AvgIpc) is 2.35. The van der Waals surface area contributed by atoms with Gasteiger partial charge >= 0.3 is 6.03 Å². The zero-order valence-corrected chi connectivity index (χ0v) is 13.8. The zero-order valence-electron chi connectivity index (χ0n) is 13.8. The van der Waals surface area contributed by atoms with Gasteiger partial charge in [-0.15, -0.1) is 0 Å². The van der Waals surface area contributed by atoms with Crippen molar-refractivity contribution in [3.8, 4) is 0 Å². The SMILES string of the molecule is CCNCC1CCN(CC(=O)NC(=O)NC(C)(C)C)CC1. The number of carbonyl (C=O) groups is 2. The number of urea groups is 1. The van der Waals surface area contributed by atoms with Gasteiger partial charge in [0.2, 0.25) is 5.91 Å². The molecule has 21 heavy (non-hydrogen) atoms. The summed E-state index contributed by atoms with van der Waals surface area (Å²) in [4.78, 5) is 25.6. The highest BCUT2D eigenvalue weighted by molar-refractivity contribution is 5.95. The van der Waals surface area contributed by atoms with Gasteiger partial charge in [0, 0.05) is 5.54 Å². The number of nitrogens with one attached hydrogen (secondary N) is 3. The van der Waals surface area contributed by atoms with Crippen molar-refractivity contribution < 1.29 is 9.59 Å². The van der Waals surface area contributed by atoms with Crippen molar-refractivity contribution in [2.45, 2.75) is 46.1 Å². The molecule has 0 aromatic heterocycles. The molecule has 0 unspecified atom stereocenters. The van der Waals surface area contributed by atoms with Gasteiger partial charge < -0.3 is 10.6 Å². The number of nitrogens with zero attached hydrogens (tertiary/aromatic N) is 1. The highest BCUT2D eigenvalue weighted by atomic mass is 16.2. The minimum Gasteiger partial charge on any atom is -0.333 e. The third kappa shape index (κ3) is 8.02. The van der Waals surface area contributed by atoms with E-state index in [9.17, 15) is 9.59 Å². The molecule has 0 aromatic carbocycles. The van der Waals surface area contributed by atoms with Gasteiger partial charge in [0.25, 0.3) is 0 Å². The fraction of sp³-hybridized carbons (Fsp3) is 0.867. The molecule has 1 saturated heterocycles. The standard InChI is InChI=1S/C15H30N4O2/c1-5-16-10-12-6-8-19(9-7-12)11-13(20)17-14(21)18-15(2,3)4/h12,16H,5-11H2,1-4H3,(H2,17,18,20,21). The summed E-state index contributed by atoms with van der Waals surface area (Å²) in [6, 6.07) is -0.422. The highest BCUT2D eigenvalue weighted by Gasteiger charge is 2.22. The number of likely N-dealkylation sites (tertiary alicyclic amines) is 1. The Balaban J connectivity index is 2.23. The van der Waals surface area contributed by atoms with Gasteiger partial charge in [0.1, 0.15) is 0 Å². The summed E-state index contributed by atoms with van der Waals surface area (Å²) in [6.07, 6.45) is 2.21. The number of amides is 3. The summed E-state index contributed by atoms with van der Waals surface area (Å²) in [6.45, 7) is 12.0. The fourth-order valence-corrected chi connectivity index (χ4v) is 2.44. The second-order valence-electron chi connectivity index (χ2n) is 6.78. The molecule has 1 fully saturated rings. The van der Waals surface area contributed by atoms with Crippen molar-refractivity contribution >= 4 is 11.9 Å². The number of piperidine rings is 1. The van der Waals surface area contributed by atoms with E-state index in [4.69, 9.17) is 0 Å². The van der Waals surface area contributed by atoms with Gasteiger partial charge in [-0.05, 0) is 65.7 Å². The molecule has 0 bridgehead atoms. The molecule has 1 heterocycles. The Hall–Kier alpha value is -1.14. The van der Waals surface area contributed by atoms with Gasteiger partial charge in [0.15, 0.2) is 0 Å². The van der Waals surface area contributed by atoms with Crippen LogP contribution in [0.25, 0.3) is 0 Å². The maximum absolute atomic E-state index is 11.8. The lowest BCUT2D eigenvalue weighted by Gasteiger charge is -2.31. The third-order valence-electron chi connectivity index (χ3n) is 3.50. The minimum atomic E-state index is -0.422. The molecular formula is C15H30N4O2. The first kappa shape index (κ1) is 17.9. The molecule has 0 radical (unpaired) electrons. The molecule has 0 spiro atoms. The van der Waals surface area contributed by atoms with Crippen molar-refractivity contribution in [3.63, 3.8) is 0 Å². The number of carbonyl (C=O) groups excluding carboxylic acids is 2. The van der Waals surface area contributed by atoms with Crippen LogP contribution in [-0.2, 0) is 4.79 Å². The van der Waals surface area contributed by atoms with Crippen LogP contribution in [-0.4, -0.2) is 55.1 Å². The normalized spacial score (nSPS) is 17.5. The van der Waals surface area contributed by atoms with Crippen LogP contribution >= 0.6 is 0 Å². The van der Waals surface area contributed by atoms with E-state index in [-0.39, 0.29) is 11.4 Å². The maximum Gasteiger partial charge on any atom is 0.321 e. The zero-order chi connectivity index (χ0) is 15.9. The predicted molar refractivity (Wildman–Crippen MR) is 84.1 cm³/mol. The molecule has 3 N–H and O–H groups in total. The molecule has 0 aromatic rings. The number of rotatable bonds is 5. The van der Waals surface area contributed by atoms with Crippen LogP contribution in [0, 0.1) is 5.92 Å². The first-order valence-electron chi connectivity index (χ1n) is 7.85. The Morgan fingerprint density at radius 3 is 2.33 bits per heavy atom. The molecular weight excluding hydrogens is 268 g/mol. The Kier molecular flexibility index (Phi) is 7.11. The largest absolute Gasteiger partial charge is 0.333 e. The smallest absolute Gasteiger partial charge is 0.321 e. The number of hydrogen-bond donors (Lipinski definition) is 3. The monoisotopic (exact) mass is 298 g/mol. The molecule has 122 valence electrons. The van der Waals surface area contributed by atoms with Gasteiger partial charge in [0.05, 0.1) is 6.54 Å². The molecule has 1 aliphatic rings. The molecule has 0 aliphatic carbocycles. The van der Waals surface area contributed by atoms with E-state index in [1.807, 2.05) is 20.8 Å². The lowest BCUT2D eigenvalue weighted by molar-refractivity contribution is -0.121. The molecule has 1 rings (SSSR count). The van der Waals surface area contributed by atoms with Crippen LogP contribution < -0.4 is 16.0 Å². The molecule has 1 aliphatic heterocycles. The summed E-state index contributed by atoms with van der Waals surface area (Å²) in [7, 11) is 0. The van der Waals surface area contributed by atoms with Crippen LogP contribution in [0.4, 0.5) is 4.79 Å². The Morgan fingerprint density at radius 1 is 1.19 bits per heavy atom. The van der Waals surface area contributed by atoms with Crippen LogP contribution in [0.1, 0.15) is 40.5 Å². The topological polar surface area (TPSA) is 73.5 Å². The average molecular weight is 298 g/mol. The second kappa shape index (κ2) is 8.34. The maximum atomic E-state index is 11.8. The van der Waals surface area contributed by atoms with Gasteiger partial charge in [-0.25, -0.2) is 4.79 Å². The number of imide groups is 1. The quantitative estimate of drug-likeness (QED) is 0.706. The van der Waals surface area contributed by atoms with E-state index >= 15 is 0 Å². The minimum absolute atomic E-state index is 0.234. The summed E-state index contributed by atoms with van der Waals surface area (Å²) in [5, 5.41) is 8.48.